The Bertz CT molecular complexity index is 1070. The summed E-state index contributed by atoms with van der Waals surface area (Å²) >= 11 is 1.60. The number of anilines is 1. The molecule has 4 rings (SSSR count). The Morgan fingerprint density at radius 3 is 2.69 bits per heavy atom. The molecule has 2 aliphatic rings. The summed E-state index contributed by atoms with van der Waals surface area (Å²) in [6, 6.07) is 12.4. The highest BCUT2D eigenvalue weighted by Gasteiger charge is 2.25. The largest absolute Gasteiger partial charge is 0.493 e. The molecule has 2 aromatic rings. The summed E-state index contributed by atoms with van der Waals surface area (Å²) in [5.41, 5.74) is 5.54. The highest BCUT2D eigenvalue weighted by atomic mass is 32.2. The second kappa shape index (κ2) is 9.65. The van der Waals surface area contributed by atoms with E-state index in [1.165, 1.54) is 11.3 Å². The van der Waals surface area contributed by atoms with Gasteiger partial charge < -0.3 is 19.2 Å². The molecular formula is C24H28N4O3S. The molecule has 0 aromatic heterocycles. The fourth-order valence-corrected chi connectivity index (χ4v) is 5.09. The number of hydrogen-bond donors (Lipinski definition) is 0. The quantitative estimate of drug-likeness (QED) is 0.393. The Kier molecular flexibility index (Phi) is 6.69. The van der Waals surface area contributed by atoms with Gasteiger partial charge in [-0.1, -0.05) is 6.07 Å². The molecule has 0 N–H and O–H groups in total. The first-order chi connectivity index (χ1) is 15.6. The maximum Gasteiger partial charge on any atom is 0.161 e. The van der Waals surface area contributed by atoms with Crippen LogP contribution in [0.2, 0.25) is 0 Å². The lowest BCUT2D eigenvalue weighted by atomic mass is 9.97. The predicted octanol–water partition coefficient (Wildman–Crippen LogP) is 3.44. The molecule has 7 nitrogen and oxygen atoms in total. The molecule has 32 heavy (non-hydrogen) atoms. The topological polar surface area (TPSA) is 66.7 Å². The Balaban J connectivity index is 1.66. The summed E-state index contributed by atoms with van der Waals surface area (Å²) in [4.78, 5) is 18.1. The first kappa shape index (κ1) is 22.2. The van der Waals surface area contributed by atoms with Crippen LogP contribution in [0.25, 0.3) is 0 Å². The zero-order chi connectivity index (χ0) is 22.7. The lowest BCUT2D eigenvalue weighted by Gasteiger charge is -2.33. The maximum atomic E-state index is 11.2. The normalized spacial score (nSPS) is 18.7. The van der Waals surface area contributed by atoms with Crippen LogP contribution in [-0.2, 0) is 11.2 Å². The van der Waals surface area contributed by atoms with Crippen molar-refractivity contribution in [3.8, 4) is 11.5 Å². The molecule has 0 fully saturated rings. The van der Waals surface area contributed by atoms with Gasteiger partial charge in [-0.05, 0) is 54.3 Å². The molecule has 0 saturated heterocycles. The summed E-state index contributed by atoms with van der Waals surface area (Å²) in [5, 5.41) is 6.17. The van der Waals surface area contributed by atoms with Gasteiger partial charge in [-0.15, -0.1) is 11.8 Å². The van der Waals surface area contributed by atoms with Crippen LogP contribution >= 0.6 is 11.8 Å². The first-order valence-electron chi connectivity index (χ1n) is 10.6. The number of carbonyl (C=O) groups is 1. The number of thioether (sulfide) groups is 1. The van der Waals surface area contributed by atoms with Gasteiger partial charge in [0, 0.05) is 37.6 Å². The highest BCUT2D eigenvalue weighted by molar-refractivity contribution is 8.01. The number of fused-ring (bicyclic) bond motifs is 1. The molecule has 1 unspecified atom stereocenters. The van der Waals surface area contributed by atoms with Gasteiger partial charge in [-0.2, -0.15) is 5.10 Å². The minimum atomic E-state index is -0.211. The van der Waals surface area contributed by atoms with Gasteiger partial charge in [0.25, 0.3) is 0 Å². The van der Waals surface area contributed by atoms with E-state index >= 15 is 0 Å². The SMILES string of the molecule is CN=C(c1ccc(OC)c(OC)c1)N1CCCc2cc(C3=NN(C)C(C=O)SC3)ccc21. The molecule has 8 heteroatoms. The van der Waals surface area contributed by atoms with Crippen molar-refractivity contribution in [1.82, 2.24) is 5.01 Å². The van der Waals surface area contributed by atoms with Crippen LogP contribution in [0.15, 0.2) is 46.5 Å². The van der Waals surface area contributed by atoms with E-state index < -0.39 is 0 Å². The molecule has 0 saturated carbocycles. The van der Waals surface area contributed by atoms with Gasteiger partial charge in [-0.3, -0.25) is 10.0 Å². The Morgan fingerprint density at radius 2 is 2.00 bits per heavy atom. The number of rotatable bonds is 5. The third-order valence-electron chi connectivity index (χ3n) is 5.79. The van der Waals surface area contributed by atoms with Crippen molar-refractivity contribution in [1.29, 1.82) is 0 Å². The molecule has 2 aromatic carbocycles. The molecule has 168 valence electrons. The summed E-state index contributed by atoms with van der Waals surface area (Å²) in [6.45, 7) is 0.897. The lowest BCUT2D eigenvalue weighted by Crippen LogP contribution is -2.36. The third kappa shape index (κ3) is 4.19. The van der Waals surface area contributed by atoms with Crippen LogP contribution in [0.1, 0.15) is 23.1 Å². The van der Waals surface area contributed by atoms with Crippen LogP contribution in [-0.4, -0.2) is 68.8 Å². The van der Waals surface area contributed by atoms with Gasteiger partial charge in [0.05, 0.1) is 19.9 Å². The number of likely N-dealkylation sites (N-methyl/N-ethyl adjacent to an activating group) is 1. The standard InChI is InChI=1S/C24H28N4O3S/c1-25-24(18-8-10-21(30-3)22(13-18)31-4)28-11-5-6-17-12-16(7-9-20(17)28)19-15-32-23(14-29)27(2)26-19/h7-10,12-14,23H,5-6,11,15H2,1-4H3. The van der Waals surface area contributed by atoms with Crippen molar-refractivity contribution in [2.24, 2.45) is 10.1 Å². The van der Waals surface area contributed by atoms with Crippen molar-refractivity contribution >= 4 is 35.3 Å². The van der Waals surface area contributed by atoms with Gasteiger partial charge in [0.2, 0.25) is 0 Å². The number of nitrogens with zero attached hydrogens (tertiary/aromatic N) is 4. The van der Waals surface area contributed by atoms with Crippen LogP contribution in [0.4, 0.5) is 5.69 Å². The second-order valence-corrected chi connectivity index (χ2v) is 8.78. The van der Waals surface area contributed by atoms with Crippen molar-refractivity contribution in [2.45, 2.75) is 18.2 Å². The molecule has 0 radical (unpaired) electrons. The molecule has 2 aliphatic heterocycles. The van der Waals surface area contributed by atoms with Gasteiger partial charge in [0.15, 0.2) is 17.8 Å². The van der Waals surface area contributed by atoms with E-state index in [9.17, 15) is 4.79 Å². The monoisotopic (exact) mass is 452 g/mol. The van der Waals surface area contributed by atoms with Gasteiger partial charge >= 0.3 is 0 Å². The molecule has 1 atom stereocenters. The number of amidine groups is 1. The molecule has 0 amide bonds. The van der Waals surface area contributed by atoms with Gasteiger partial charge in [0.1, 0.15) is 11.2 Å². The van der Waals surface area contributed by atoms with Crippen LogP contribution < -0.4 is 14.4 Å². The lowest BCUT2D eigenvalue weighted by molar-refractivity contribution is -0.109. The predicted molar refractivity (Wildman–Crippen MR) is 131 cm³/mol. The minimum absolute atomic E-state index is 0.211. The van der Waals surface area contributed by atoms with E-state index in [1.807, 2.05) is 32.3 Å². The number of aliphatic imine (C=N–C) groups is 1. The minimum Gasteiger partial charge on any atom is -0.493 e. The fourth-order valence-electron chi connectivity index (χ4n) is 4.19. The summed E-state index contributed by atoms with van der Waals surface area (Å²) in [7, 11) is 6.94. The summed E-state index contributed by atoms with van der Waals surface area (Å²) < 4.78 is 10.9. The number of methoxy groups -OCH3 is 2. The van der Waals surface area contributed by atoms with Crippen molar-refractivity contribution in [3.05, 3.63) is 53.1 Å². The molecule has 0 aliphatic carbocycles. The summed E-state index contributed by atoms with van der Waals surface area (Å²) in [6.07, 6.45) is 2.99. The van der Waals surface area contributed by atoms with E-state index in [2.05, 4.69) is 33.2 Å². The first-order valence-corrected chi connectivity index (χ1v) is 11.6. The highest BCUT2D eigenvalue weighted by Crippen LogP contribution is 2.33. The third-order valence-corrected chi connectivity index (χ3v) is 6.99. The van der Waals surface area contributed by atoms with E-state index in [-0.39, 0.29) is 5.37 Å². The second-order valence-electron chi connectivity index (χ2n) is 7.67. The van der Waals surface area contributed by atoms with Crippen LogP contribution in [0.5, 0.6) is 11.5 Å². The molecule has 0 spiro atoms. The molecular weight excluding hydrogens is 424 g/mol. The average molecular weight is 453 g/mol. The van der Waals surface area contributed by atoms with Crippen molar-refractivity contribution in [3.63, 3.8) is 0 Å². The van der Waals surface area contributed by atoms with Crippen LogP contribution in [0.3, 0.4) is 0 Å². The Hall–Kier alpha value is -3.00. The molecule has 2 heterocycles. The number of benzene rings is 2. The van der Waals surface area contributed by atoms with E-state index in [1.54, 1.807) is 31.0 Å². The average Bonchev–Trinajstić information content (AvgIpc) is 2.84. The Labute approximate surface area is 193 Å². The number of aryl methyl sites for hydroxylation is 1. The van der Waals surface area contributed by atoms with E-state index in [0.717, 1.165) is 54.1 Å². The smallest absolute Gasteiger partial charge is 0.161 e. The van der Waals surface area contributed by atoms with Crippen molar-refractivity contribution in [2.75, 3.05) is 45.5 Å². The maximum absolute atomic E-state index is 11.2. The summed E-state index contributed by atoms with van der Waals surface area (Å²) in [5.74, 6) is 3.01. The fraction of sp³-hybridized carbons (Fsp3) is 0.375. The van der Waals surface area contributed by atoms with E-state index in [0.29, 0.717) is 11.5 Å². The number of hydrogen-bond acceptors (Lipinski definition) is 7. The van der Waals surface area contributed by atoms with Gasteiger partial charge in [-0.25, -0.2) is 0 Å². The van der Waals surface area contributed by atoms with E-state index in [4.69, 9.17) is 9.47 Å². The number of aldehydes is 1. The zero-order valence-corrected chi connectivity index (χ0v) is 19.7. The van der Waals surface area contributed by atoms with Crippen molar-refractivity contribution < 1.29 is 14.3 Å². The number of hydrazone groups is 1. The zero-order valence-electron chi connectivity index (χ0n) is 18.9. The number of carbonyl (C=O) groups excluding carboxylic acids is 1. The van der Waals surface area contributed by atoms with Crippen LogP contribution in [0, 0.1) is 0 Å². The Morgan fingerprint density at radius 1 is 1.19 bits per heavy atom. The number of ether oxygens (including phenoxy) is 2. The molecule has 0 bridgehead atoms.